The zero-order chi connectivity index (χ0) is 17.5. The highest BCUT2D eigenvalue weighted by Crippen LogP contribution is 2.25. The fraction of sp³-hybridized carbons (Fsp3) is 0.111. The molecule has 0 aromatic heterocycles. The van der Waals surface area contributed by atoms with Crippen molar-refractivity contribution >= 4 is 28.9 Å². The number of nitrogens with one attached hydrogen (secondary N) is 1. The number of azo groups is 1. The smallest absolute Gasteiger partial charge is 0.328 e. The minimum atomic E-state index is -1.17. The van der Waals surface area contributed by atoms with Gasteiger partial charge in [-0.05, 0) is 49.2 Å². The number of hydrogen-bond acceptors (Lipinski definition) is 4. The number of anilines is 1. The number of amides is 1. The SMILES string of the molecule is Cc1ccccc1N=Nc1ccc(NC(=O)/C=C\C(=O)O)c(C)c1. The molecule has 0 saturated carbocycles. The molecule has 0 fully saturated rings. The molecular formula is C18H17N3O3. The maximum absolute atomic E-state index is 11.6. The highest BCUT2D eigenvalue weighted by atomic mass is 16.4. The first-order chi connectivity index (χ1) is 11.5. The Morgan fingerprint density at radius 1 is 1.00 bits per heavy atom. The lowest BCUT2D eigenvalue weighted by atomic mass is 10.2. The van der Waals surface area contributed by atoms with E-state index in [2.05, 4.69) is 15.5 Å². The molecule has 24 heavy (non-hydrogen) atoms. The van der Waals surface area contributed by atoms with Gasteiger partial charge in [-0.25, -0.2) is 4.79 Å². The van der Waals surface area contributed by atoms with Gasteiger partial charge in [0.15, 0.2) is 0 Å². The number of carbonyl (C=O) groups is 2. The number of nitrogens with zero attached hydrogens (tertiary/aromatic N) is 2. The summed E-state index contributed by atoms with van der Waals surface area (Å²) < 4.78 is 0. The summed E-state index contributed by atoms with van der Waals surface area (Å²) in [7, 11) is 0. The minimum Gasteiger partial charge on any atom is -0.478 e. The summed E-state index contributed by atoms with van der Waals surface area (Å²) in [5.41, 5.74) is 3.88. The summed E-state index contributed by atoms with van der Waals surface area (Å²) in [5, 5.41) is 19.5. The van der Waals surface area contributed by atoms with E-state index in [0.717, 1.165) is 29.0 Å². The maximum atomic E-state index is 11.6. The third-order valence-corrected chi connectivity index (χ3v) is 3.23. The number of benzene rings is 2. The van der Waals surface area contributed by atoms with E-state index in [1.165, 1.54) is 0 Å². The Balaban J connectivity index is 2.11. The Bertz CT molecular complexity index is 826. The van der Waals surface area contributed by atoms with Crippen molar-refractivity contribution in [2.24, 2.45) is 10.2 Å². The molecule has 2 aromatic carbocycles. The van der Waals surface area contributed by atoms with Gasteiger partial charge in [-0.15, -0.1) is 0 Å². The number of aliphatic carboxylic acids is 1. The lowest BCUT2D eigenvalue weighted by Crippen LogP contribution is -2.09. The molecule has 0 saturated heterocycles. The summed E-state index contributed by atoms with van der Waals surface area (Å²) in [5.74, 6) is -1.68. The molecular weight excluding hydrogens is 306 g/mol. The zero-order valence-corrected chi connectivity index (χ0v) is 13.4. The standard InChI is InChI=1S/C18H17N3O3/c1-12-5-3-4-6-16(12)21-20-14-7-8-15(13(2)11-14)19-17(22)9-10-18(23)24/h3-11H,1-2H3,(H,19,22)(H,23,24)/b10-9-,21-20?. The van der Waals surface area contributed by atoms with Crippen LogP contribution in [0.15, 0.2) is 64.8 Å². The van der Waals surface area contributed by atoms with Gasteiger partial charge in [-0.2, -0.15) is 10.2 Å². The van der Waals surface area contributed by atoms with Crippen LogP contribution in [-0.2, 0) is 9.59 Å². The first-order valence-corrected chi connectivity index (χ1v) is 7.26. The van der Waals surface area contributed by atoms with Gasteiger partial charge in [0.25, 0.3) is 0 Å². The quantitative estimate of drug-likeness (QED) is 0.635. The van der Waals surface area contributed by atoms with Gasteiger partial charge in [0, 0.05) is 17.8 Å². The zero-order valence-electron chi connectivity index (χ0n) is 13.4. The van der Waals surface area contributed by atoms with E-state index in [1.807, 2.05) is 38.1 Å². The average Bonchev–Trinajstić information content (AvgIpc) is 2.54. The Hall–Kier alpha value is -3.28. The second-order valence-corrected chi connectivity index (χ2v) is 5.15. The van der Waals surface area contributed by atoms with Crippen molar-refractivity contribution in [3.8, 4) is 0 Å². The number of carbonyl (C=O) groups excluding carboxylic acids is 1. The molecule has 0 radical (unpaired) electrons. The molecule has 6 nitrogen and oxygen atoms in total. The Labute approximate surface area is 139 Å². The van der Waals surface area contributed by atoms with E-state index in [1.54, 1.807) is 18.2 Å². The Kier molecular flexibility index (Phi) is 5.57. The fourth-order valence-corrected chi connectivity index (χ4v) is 1.96. The van der Waals surface area contributed by atoms with Crippen molar-refractivity contribution in [2.45, 2.75) is 13.8 Å². The van der Waals surface area contributed by atoms with Crippen LogP contribution in [0.1, 0.15) is 11.1 Å². The van der Waals surface area contributed by atoms with Crippen molar-refractivity contribution in [3.05, 3.63) is 65.7 Å². The molecule has 0 aliphatic heterocycles. The van der Waals surface area contributed by atoms with Crippen molar-refractivity contribution in [1.29, 1.82) is 0 Å². The van der Waals surface area contributed by atoms with Gasteiger partial charge in [0.2, 0.25) is 5.91 Å². The summed E-state index contributed by atoms with van der Waals surface area (Å²) in [4.78, 5) is 22.0. The Morgan fingerprint density at radius 3 is 2.42 bits per heavy atom. The van der Waals surface area contributed by atoms with Crippen LogP contribution in [0.5, 0.6) is 0 Å². The minimum absolute atomic E-state index is 0.505. The van der Waals surface area contributed by atoms with Crippen molar-refractivity contribution < 1.29 is 14.7 Å². The normalized spacial score (nSPS) is 11.1. The van der Waals surface area contributed by atoms with Gasteiger partial charge in [0.1, 0.15) is 0 Å². The first kappa shape index (κ1) is 17.1. The lowest BCUT2D eigenvalue weighted by molar-refractivity contribution is -0.131. The van der Waals surface area contributed by atoms with Crippen LogP contribution in [0.2, 0.25) is 0 Å². The molecule has 6 heteroatoms. The van der Waals surface area contributed by atoms with Crippen LogP contribution < -0.4 is 5.32 Å². The van der Waals surface area contributed by atoms with Crippen molar-refractivity contribution in [2.75, 3.05) is 5.32 Å². The predicted molar refractivity (Wildman–Crippen MR) is 91.9 cm³/mol. The van der Waals surface area contributed by atoms with Gasteiger partial charge in [0.05, 0.1) is 11.4 Å². The number of carboxylic acid groups (broad SMARTS) is 1. The Morgan fingerprint density at radius 2 is 1.75 bits per heavy atom. The second-order valence-electron chi connectivity index (χ2n) is 5.15. The molecule has 2 rings (SSSR count). The fourth-order valence-electron chi connectivity index (χ4n) is 1.96. The van der Waals surface area contributed by atoms with Gasteiger partial charge < -0.3 is 10.4 Å². The van der Waals surface area contributed by atoms with Crippen LogP contribution >= 0.6 is 0 Å². The molecule has 0 aliphatic rings. The second kappa shape index (κ2) is 7.82. The highest BCUT2D eigenvalue weighted by molar-refractivity contribution is 6.02. The summed E-state index contributed by atoms with van der Waals surface area (Å²) in [6.45, 7) is 3.78. The van der Waals surface area contributed by atoms with Crippen molar-refractivity contribution in [1.82, 2.24) is 0 Å². The van der Waals surface area contributed by atoms with Crippen molar-refractivity contribution in [3.63, 3.8) is 0 Å². The van der Waals surface area contributed by atoms with E-state index >= 15 is 0 Å². The molecule has 0 bridgehead atoms. The maximum Gasteiger partial charge on any atom is 0.328 e. The summed E-state index contributed by atoms with van der Waals surface area (Å²) in [6.07, 6.45) is 1.75. The van der Waals surface area contributed by atoms with Crippen LogP contribution in [-0.4, -0.2) is 17.0 Å². The first-order valence-electron chi connectivity index (χ1n) is 7.26. The number of carboxylic acids is 1. The number of hydrogen-bond donors (Lipinski definition) is 2. The third kappa shape index (κ3) is 4.88. The number of aryl methyl sites for hydroxylation is 2. The van der Waals surface area contributed by atoms with Crippen LogP contribution in [0.25, 0.3) is 0 Å². The molecule has 1 amide bonds. The van der Waals surface area contributed by atoms with E-state index in [4.69, 9.17) is 5.11 Å². The molecule has 122 valence electrons. The molecule has 0 spiro atoms. The molecule has 0 atom stereocenters. The molecule has 0 aliphatic carbocycles. The van der Waals surface area contributed by atoms with E-state index < -0.39 is 11.9 Å². The molecule has 0 unspecified atom stereocenters. The lowest BCUT2D eigenvalue weighted by Gasteiger charge is -2.06. The van der Waals surface area contributed by atoms with Gasteiger partial charge in [-0.1, -0.05) is 18.2 Å². The molecule has 0 heterocycles. The van der Waals surface area contributed by atoms with Gasteiger partial charge in [-0.3, -0.25) is 4.79 Å². The number of rotatable bonds is 5. The van der Waals surface area contributed by atoms with E-state index in [0.29, 0.717) is 11.4 Å². The molecule has 2 aromatic rings. The van der Waals surface area contributed by atoms with Crippen LogP contribution in [0.3, 0.4) is 0 Å². The highest BCUT2D eigenvalue weighted by Gasteiger charge is 2.03. The average molecular weight is 323 g/mol. The molecule has 2 N–H and O–H groups in total. The predicted octanol–water partition coefficient (Wildman–Crippen LogP) is 4.30. The summed E-state index contributed by atoms with van der Waals surface area (Å²) >= 11 is 0. The monoisotopic (exact) mass is 323 g/mol. The van der Waals surface area contributed by atoms with E-state index in [-0.39, 0.29) is 0 Å². The third-order valence-electron chi connectivity index (χ3n) is 3.23. The summed E-state index contributed by atoms with van der Waals surface area (Å²) in [6, 6.07) is 12.9. The van der Waals surface area contributed by atoms with Crippen LogP contribution in [0.4, 0.5) is 17.1 Å². The van der Waals surface area contributed by atoms with E-state index in [9.17, 15) is 9.59 Å². The largest absolute Gasteiger partial charge is 0.478 e. The van der Waals surface area contributed by atoms with Gasteiger partial charge >= 0.3 is 5.97 Å². The topological polar surface area (TPSA) is 91.1 Å². The van der Waals surface area contributed by atoms with Crippen LogP contribution in [0, 0.1) is 13.8 Å².